The molecule has 1 nitrogen and oxygen atoms in total. The second-order valence-electron chi connectivity index (χ2n) is 4.50. The molecule has 0 heterocycles. The van der Waals surface area contributed by atoms with Gasteiger partial charge in [0, 0.05) is 11.1 Å². The fourth-order valence-corrected chi connectivity index (χ4v) is 2.06. The second-order valence-corrected chi connectivity index (χ2v) is 4.94. The van der Waals surface area contributed by atoms with E-state index in [0.29, 0.717) is 17.1 Å². The molecule has 1 atom stereocenters. The largest absolute Gasteiger partial charge is 0.380 e. The molecular weight excluding hydrogens is 268 g/mol. The summed E-state index contributed by atoms with van der Waals surface area (Å²) in [7, 11) is 0. The predicted octanol–water partition coefficient (Wildman–Crippen LogP) is 4.66. The van der Waals surface area contributed by atoms with Crippen LogP contribution < -0.4 is 5.32 Å². The molecule has 0 aliphatic rings. The van der Waals surface area contributed by atoms with Crippen LogP contribution in [0.4, 0.5) is 14.5 Å². The predicted molar refractivity (Wildman–Crippen MR) is 74.6 cm³/mol. The summed E-state index contributed by atoms with van der Waals surface area (Å²) in [5.41, 5.74) is 1.41. The van der Waals surface area contributed by atoms with Crippen LogP contribution in [0.25, 0.3) is 0 Å². The van der Waals surface area contributed by atoms with Gasteiger partial charge in [0.1, 0.15) is 11.6 Å². The number of hydrogen-bond acceptors (Lipinski definition) is 1. The fraction of sp³-hybridized carbons (Fsp3) is 0.200. The average Bonchev–Trinajstić information content (AvgIpc) is 2.36. The van der Waals surface area contributed by atoms with E-state index in [0.717, 1.165) is 5.56 Å². The van der Waals surface area contributed by atoms with E-state index in [1.807, 2.05) is 6.92 Å². The van der Waals surface area contributed by atoms with Gasteiger partial charge >= 0.3 is 0 Å². The Kier molecular flexibility index (Phi) is 4.38. The van der Waals surface area contributed by atoms with Crippen molar-refractivity contribution < 1.29 is 8.78 Å². The molecule has 0 fully saturated rings. The SMILES string of the molecule is CC(Cc1ccc(F)cc1)Nc1ccc(Cl)cc1F. The second kappa shape index (κ2) is 6.02. The average molecular weight is 282 g/mol. The van der Waals surface area contributed by atoms with Gasteiger partial charge in [-0.25, -0.2) is 8.78 Å². The molecule has 2 aromatic rings. The van der Waals surface area contributed by atoms with Crippen LogP contribution in [0.1, 0.15) is 12.5 Å². The third-order valence-corrected chi connectivity index (χ3v) is 3.02. The maximum atomic E-state index is 13.6. The molecule has 0 aromatic heterocycles. The van der Waals surface area contributed by atoms with Crippen molar-refractivity contribution in [1.82, 2.24) is 0 Å². The summed E-state index contributed by atoms with van der Waals surface area (Å²) >= 11 is 5.69. The topological polar surface area (TPSA) is 12.0 Å². The zero-order valence-electron chi connectivity index (χ0n) is 10.5. The van der Waals surface area contributed by atoms with Crippen LogP contribution in [-0.4, -0.2) is 6.04 Å². The van der Waals surface area contributed by atoms with Gasteiger partial charge in [0.05, 0.1) is 5.69 Å². The lowest BCUT2D eigenvalue weighted by Gasteiger charge is -2.16. The van der Waals surface area contributed by atoms with Crippen molar-refractivity contribution in [3.05, 3.63) is 64.7 Å². The van der Waals surface area contributed by atoms with Crippen LogP contribution in [0.5, 0.6) is 0 Å². The van der Waals surface area contributed by atoms with E-state index >= 15 is 0 Å². The summed E-state index contributed by atoms with van der Waals surface area (Å²) in [4.78, 5) is 0. The van der Waals surface area contributed by atoms with E-state index in [4.69, 9.17) is 11.6 Å². The highest BCUT2D eigenvalue weighted by atomic mass is 35.5. The Morgan fingerprint density at radius 2 is 1.79 bits per heavy atom. The summed E-state index contributed by atoms with van der Waals surface area (Å²) in [5, 5.41) is 3.44. The number of anilines is 1. The van der Waals surface area contributed by atoms with E-state index in [9.17, 15) is 8.78 Å². The highest BCUT2D eigenvalue weighted by Crippen LogP contribution is 2.20. The van der Waals surface area contributed by atoms with Crippen molar-refractivity contribution in [2.45, 2.75) is 19.4 Å². The standard InChI is InChI=1S/C15H14ClF2N/c1-10(8-11-2-5-13(17)6-3-11)19-15-7-4-12(16)9-14(15)18/h2-7,9-10,19H,8H2,1H3. The van der Waals surface area contributed by atoms with E-state index in [2.05, 4.69) is 5.32 Å². The Morgan fingerprint density at radius 3 is 2.42 bits per heavy atom. The van der Waals surface area contributed by atoms with Crippen LogP contribution >= 0.6 is 11.6 Å². The highest BCUT2D eigenvalue weighted by Gasteiger charge is 2.08. The molecule has 0 spiro atoms. The first-order valence-corrected chi connectivity index (χ1v) is 6.38. The van der Waals surface area contributed by atoms with Crippen molar-refractivity contribution in [1.29, 1.82) is 0 Å². The first-order chi connectivity index (χ1) is 9.04. The maximum absolute atomic E-state index is 13.6. The Morgan fingerprint density at radius 1 is 1.11 bits per heavy atom. The molecule has 0 radical (unpaired) electrons. The Hall–Kier alpha value is -1.61. The summed E-state index contributed by atoms with van der Waals surface area (Å²) in [6.07, 6.45) is 0.683. The van der Waals surface area contributed by atoms with Crippen molar-refractivity contribution in [2.24, 2.45) is 0 Å². The fourth-order valence-electron chi connectivity index (χ4n) is 1.90. The zero-order chi connectivity index (χ0) is 13.8. The van der Waals surface area contributed by atoms with Gasteiger partial charge in [0.2, 0.25) is 0 Å². The molecule has 0 aliphatic carbocycles. The first kappa shape index (κ1) is 13.8. The van der Waals surface area contributed by atoms with Gasteiger partial charge in [-0.2, -0.15) is 0 Å². The molecule has 2 aromatic carbocycles. The van der Waals surface area contributed by atoms with Crippen molar-refractivity contribution >= 4 is 17.3 Å². The van der Waals surface area contributed by atoms with Crippen molar-refractivity contribution in [3.63, 3.8) is 0 Å². The van der Waals surface area contributed by atoms with Crippen LogP contribution in [-0.2, 0) is 6.42 Å². The number of halogens is 3. The molecule has 19 heavy (non-hydrogen) atoms. The molecule has 0 amide bonds. The van der Waals surface area contributed by atoms with E-state index in [-0.39, 0.29) is 17.7 Å². The molecule has 1 unspecified atom stereocenters. The summed E-state index contributed by atoms with van der Waals surface area (Å²) in [5.74, 6) is -0.633. The Bertz CT molecular complexity index is 555. The summed E-state index contributed by atoms with van der Waals surface area (Å²) in [6, 6.07) is 10.8. The minimum Gasteiger partial charge on any atom is -0.380 e. The van der Waals surface area contributed by atoms with Gasteiger partial charge in [-0.3, -0.25) is 0 Å². The van der Waals surface area contributed by atoms with Gasteiger partial charge in [-0.1, -0.05) is 23.7 Å². The van der Waals surface area contributed by atoms with Gasteiger partial charge in [-0.05, 0) is 49.2 Å². The molecule has 100 valence electrons. The van der Waals surface area contributed by atoms with Crippen LogP contribution in [0, 0.1) is 11.6 Å². The molecular formula is C15H14ClF2N. The smallest absolute Gasteiger partial charge is 0.147 e. The molecule has 1 N–H and O–H groups in total. The lowest BCUT2D eigenvalue weighted by molar-refractivity contribution is 0.624. The number of nitrogens with one attached hydrogen (secondary N) is 1. The molecule has 4 heteroatoms. The van der Waals surface area contributed by atoms with E-state index in [1.54, 1.807) is 24.3 Å². The zero-order valence-corrected chi connectivity index (χ0v) is 11.2. The third kappa shape index (κ3) is 3.93. The molecule has 0 saturated heterocycles. The third-order valence-electron chi connectivity index (χ3n) is 2.79. The van der Waals surface area contributed by atoms with Gasteiger partial charge in [0.25, 0.3) is 0 Å². The van der Waals surface area contributed by atoms with Crippen LogP contribution in [0.2, 0.25) is 5.02 Å². The molecule has 0 aliphatic heterocycles. The maximum Gasteiger partial charge on any atom is 0.147 e. The number of benzene rings is 2. The van der Waals surface area contributed by atoms with Gasteiger partial charge < -0.3 is 5.32 Å². The van der Waals surface area contributed by atoms with E-state index in [1.165, 1.54) is 18.2 Å². The van der Waals surface area contributed by atoms with Crippen molar-refractivity contribution in [3.8, 4) is 0 Å². The van der Waals surface area contributed by atoms with Crippen LogP contribution in [0.3, 0.4) is 0 Å². The van der Waals surface area contributed by atoms with Crippen molar-refractivity contribution in [2.75, 3.05) is 5.32 Å². The number of hydrogen-bond donors (Lipinski definition) is 1. The summed E-state index contributed by atoms with van der Waals surface area (Å²) in [6.45, 7) is 1.94. The molecule has 0 saturated carbocycles. The monoisotopic (exact) mass is 281 g/mol. The Labute approximate surface area is 116 Å². The normalized spacial score (nSPS) is 12.2. The molecule has 2 rings (SSSR count). The van der Waals surface area contributed by atoms with Gasteiger partial charge in [0.15, 0.2) is 0 Å². The quantitative estimate of drug-likeness (QED) is 0.859. The van der Waals surface area contributed by atoms with Gasteiger partial charge in [-0.15, -0.1) is 0 Å². The Balaban J connectivity index is 2.01. The summed E-state index contributed by atoms with van der Waals surface area (Å²) < 4.78 is 26.4. The van der Waals surface area contributed by atoms with Crippen LogP contribution in [0.15, 0.2) is 42.5 Å². The molecule has 0 bridgehead atoms. The minimum absolute atomic E-state index is 0.0288. The number of rotatable bonds is 4. The highest BCUT2D eigenvalue weighted by molar-refractivity contribution is 6.30. The first-order valence-electron chi connectivity index (χ1n) is 6.00. The lowest BCUT2D eigenvalue weighted by atomic mass is 10.1. The van der Waals surface area contributed by atoms with E-state index < -0.39 is 0 Å². The lowest BCUT2D eigenvalue weighted by Crippen LogP contribution is -2.18. The minimum atomic E-state index is -0.376.